The summed E-state index contributed by atoms with van der Waals surface area (Å²) < 4.78 is 0.941. The molecular formula is C14H13BrN2O2. The number of rotatable bonds is 2. The topological polar surface area (TPSA) is 62.0 Å². The summed E-state index contributed by atoms with van der Waals surface area (Å²) in [6, 6.07) is 7.23. The fourth-order valence-corrected chi connectivity index (χ4v) is 2.29. The van der Waals surface area contributed by atoms with E-state index < -0.39 is 5.91 Å². The molecule has 0 radical (unpaired) electrons. The molecule has 98 valence electrons. The van der Waals surface area contributed by atoms with Crippen LogP contribution >= 0.6 is 15.9 Å². The summed E-state index contributed by atoms with van der Waals surface area (Å²) in [7, 11) is 0. The van der Waals surface area contributed by atoms with Crippen LogP contribution in [0.2, 0.25) is 0 Å². The number of nitrogens with one attached hydrogen (secondary N) is 2. The second kappa shape index (κ2) is 5.40. The molecule has 0 aliphatic heterocycles. The Morgan fingerprint density at radius 2 is 1.95 bits per heavy atom. The third-order valence-corrected chi connectivity index (χ3v) is 3.33. The summed E-state index contributed by atoms with van der Waals surface area (Å²) in [5.41, 5.74) is 2.02. The van der Waals surface area contributed by atoms with Gasteiger partial charge >= 0.3 is 0 Å². The van der Waals surface area contributed by atoms with Crippen molar-refractivity contribution in [1.29, 1.82) is 0 Å². The van der Waals surface area contributed by atoms with Crippen LogP contribution in [0.5, 0.6) is 0 Å². The fourth-order valence-electron chi connectivity index (χ4n) is 1.81. The van der Waals surface area contributed by atoms with Gasteiger partial charge in [-0.15, -0.1) is 0 Å². The van der Waals surface area contributed by atoms with Crippen molar-refractivity contribution in [3.8, 4) is 0 Å². The van der Waals surface area contributed by atoms with E-state index in [4.69, 9.17) is 0 Å². The Kier molecular flexibility index (Phi) is 3.85. The van der Waals surface area contributed by atoms with E-state index >= 15 is 0 Å². The smallest absolute Gasteiger partial charge is 0.261 e. The third kappa shape index (κ3) is 2.93. The number of pyridine rings is 1. The molecule has 2 N–H and O–H groups in total. The van der Waals surface area contributed by atoms with E-state index in [-0.39, 0.29) is 11.1 Å². The minimum atomic E-state index is -0.398. The molecule has 0 atom stereocenters. The van der Waals surface area contributed by atoms with Crippen LogP contribution < -0.4 is 10.9 Å². The van der Waals surface area contributed by atoms with E-state index in [1.54, 1.807) is 19.1 Å². The molecule has 19 heavy (non-hydrogen) atoms. The van der Waals surface area contributed by atoms with Crippen LogP contribution in [-0.4, -0.2) is 10.9 Å². The molecule has 5 heteroatoms. The van der Waals surface area contributed by atoms with Gasteiger partial charge in [-0.25, -0.2) is 0 Å². The molecule has 0 unspecified atom stereocenters. The maximum Gasteiger partial charge on any atom is 0.261 e. The number of H-pyrrole nitrogens is 1. The van der Waals surface area contributed by atoms with E-state index in [0.29, 0.717) is 11.3 Å². The minimum Gasteiger partial charge on any atom is -0.328 e. The van der Waals surface area contributed by atoms with E-state index in [9.17, 15) is 9.59 Å². The van der Waals surface area contributed by atoms with Crippen molar-refractivity contribution in [1.82, 2.24) is 4.98 Å². The first-order valence-corrected chi connectivity index (χ1v) is 6.54. The lowest BCUT2D eigenvalue weighted by molar-refractivity contribution is 0.102. The molecule has 0 aliphatic carbocycles. The van der Waals surface area contributed by atoms with Crippen LogP contribution in [-0.2, 0) is 0 Å². The third-order valence-electron chi connectivity index (χ3n) is 2.83. The molecule has 2 aromatic rings. The van der Waals surface area contributed by atoms with Gasteiger partial charge in [-0.2, -0.15) is 0 Å². The number of hydrogen-bond acceptors (Lipinski definition) is 2. The van der Waals surface area contributed by atoms with Crippen molar-refractivity contribution in [2.75, 3.05) is 5.32 Å². The molecule has 0 saturated heterocycles. The lowest BCUT2D eigenvalue weighted by Gasteiger charge is -2.09. The lowest BCUT2D eigenvalue weighted by atomic mass is 10.1. The van der Waals surface area contributed by atoms with E-state index in [1.165, 1.54) is 6.20 Å². The molecular weight excluding hydrogens is 308 g/mol. The Balaban J connectivity index is 2.34. The first kappa shape index (κ1) is 13.5. The molecule has 0 aliphatic rings. The number of carbonyl (C=O) groups excluding carboxylic acids is 1. The summed E-state index contributed by atoms with van der Waals surface area (Å²) >= 11 is 3.36. The predicted molar refractivity (Wildman–Crippen MR) is 78.6 cm³/mol. The average Bonchev–Trinajstić information content (AvgIpc) is 2.32. The number of halogens is 1. The molecule has 1 amide bonds. The van der Waals surface area contributed by atoms with Crippen molar-refractivity contribution in [2.24, 2.45) is 0 Å². The van der Waals surface area contributed by atoms with Crippen LogP contribution in [0.4, 0.5) is 5.69 Å². The van der Waals surface area contributed by atoms with Crippen molar-refractivity contribution < 1.29 is 4.79 Å². The summed E-state index contributed by atoms with van der Waals surface area (Å²) in [5.74, 6) is -0.398. The van der Waals surface area contributed by atoms with Gasteiger partial charge in [0.05, 0.1) is 0 Å². The number of carbonyl (C=O) groups is 1. The van der Waals surface area contributed by atoms with E-state index in [0.717, 1.165) is 10.0 Å². The normalized spacial score (nSPS) is 10.3. The van der Waals surface area contributed by atoms with Crippen LogP contribution in [0.25, 0.3) is 0 Å². The molecule has 4 nitrogen and oxygen atoms in total. The highest BCUT2D eigenvalue weighted by Crippen LogP contribution is 2.20. The standard InChI is InChI=1S/C14H13BrN2O2/c1-8-5-6-16-13(18)12(8)14(19)17-11-4-3-10(15)7-9(11)2/h3-7H,1-2H3,(H,16,18)(H,17,19). The molecule has 1 heterocycles. The minimum absolute atomic E-state index is 0.143. The Morgan fingerprint density at radius 1 is 1.21 bits per heavy atom. The quantitative estimate of drug-likeness (QED) is 0.893. The number of aryl methyl sites for hydroxylation is 2. The summed E-state index contributed by atoms with van der Waals surface area (Å²) in [4.78, 5) is 26.3. The van der Waals surface area contributed by atoms with Gasteiger partial charge in [0, 0.05) is 16.4 Å². The Labute approximate surface area is 119 Å². The zero-order valence-electron chi connectivity index (χ0n) is 10.6. The highest BCUT2D eigenvalue weighted by Gasteiger charge is 2.14. The number of aromatic amines is 1. The maximum atomic E-state index is 12.2. The molecule has 1 aromatic carbocycles. The van der Waals surface area contributed by atoms with Crippen LogP contribution in [0.1, 0.15) is 21.5 Å². The second-order valence-corrected chi connectivity index (χ2v) is 5.19. The van der Waals surface area contributed by atoms with Gasteiger partial charge in [0.25, 0.3) is 11.5 Å². The zero-order chi connectivity index (χ0) is 14.0. The molecule has 0 saturated carbocycles. The van der Waals surface area contributed by atoms with E-state index in [1.807, 2.05) is 19.1 Å². The Morgan fingerprint density at radius 3 is 2.58 bits per heavy atom. The number of hydrogen-bond donors (Lipinski definition) is 2. The van der Waals surface area contributed by atoms with Crippen molar-refractivity contribution in [2.45, 2.75) is 13.8 Å². The van der Waals surface area contributed by atoms with Gasteiger partial charge in [0.2, 0.25) is 0 Å². The Hall–Kier alpha value is -1.88. The monoisotopic (exact) mass is 320 g/mol. The largest absolute Gasteiger partial charge is 0.328 e. The number of benzene rings is 1. The van der Waals surface area contributed by atoms with Crippen LogP contribution in [0, 0.1) is 13.8 Å². The molecule has 2 rings (SSSR count). The van der Waals surface area contributed by atoms with Gasteiger partial charge in [-0.3, -0.25) is 9.59 Å². The van der Waals surface area contributed by atoms with Gasteiger partial charge < -0.3 is 10.3 Å². The predicted octanol–water partition coefficient (Wildman–Crippen LogP) is 3.01. The highest BCUT2D eigenvalue weighted by molar-refractivity contribution is 9.10. The number of aromatic nitrogens is 1. The molecule has 0 spiro atoms. The van der Waals surface area contributed by atoms with Crippen LogP contribution in [0.15, 0.2) is 39.7 Å². The summed E-state index contributed by atoms with van der Waals surface area (Å²) in [5, 5.41) is 2.76. The van der Waals surface area contributed by atoms with Gasteiger partial charge in [-0.1, -0.05) is 15.9 Å². The zero-order valence-corrected chi connectivity index (χ0v) is 12.2. The Bertz CT molecular complexity index is 692. The van der Waals surface area contributed by atoms with Crippen LogP contribution in [0.3, 0.4) is 0 Å². The maximum absolute atomic E-state index is 12.2. The molecule has 0 bridgehead atoms. The highest BCUT2D eigenvalue weighted by atomic mass is 79.9. The molecule has 1 aromatic heterocycles. The van der Waals surface area contributed by atoms with Gasteiger partial charge in [-0.05, 0) is 49.2 Å². The van der Waals surface area contributed by atoms with Crippen molar-refractivity contribution in [3.05, 3.63) is 62.0 Å². The average molecular weight is 321 g/mol. The number of anilines is 1. The van der Waals surface area contributed by atoms with Gasteiger partial charge in [0.1, 0.15) is 5.56 Å². The first-order valence-electron chi connectivity index (χ1n) is 5.75. The lowest BCUT2D eigenvalue weighted by Crippen LogP contribution is -2.24. The SMILES string of the molecule is Cc1cc(Br)ccc1NC(=O)c1c(C)cc[nH]c1=O. The second-order valence-electron chi connectivity index (χ2n) is 4.28. The van der Waals surface area contributed by atoms with Crippen molar-refractivity contribution in [3.63, 3.8) is 0 Å². The van der Waals surface area contributed by atoms with Crippen molar-refractivity contribution >= 4 is 27.5 Å². The number of amides is 1. The van der Waals surface area contributed by atoms with Gasteiger partial charge in [0.15, 0.2) is 0 Å². The molecule has 0 fully saturated rings. The summed E-state index contributed by atoms with van der Waals surface area (Å²) in [6.07, 6.45) is 1.53. The van der Waals surface area contributed by atoms with E-state index in [2.05, 4.69) is 26.2 Å². The first-order chi connectivity index (χ1) is 8.99. The fraction of sp³-hybridized carbons (Fsp3) is 0.143. The summed E-state index contributed by atoms with van der Waals surface area (Å²) in [6.45, 7) is 3.63.